The van der Waals surface area contributed by atoms with Crippen LogP contribution in [0.5, 0.6) is 0 Å². The van der Waals surface area contributed by atoms with Crippen LogP contribution in [0.15, 0.2) is 48.5 Å². The fourth-order valence-electron chi connectivity index (χ4n) is 3.48. The number of rotatable bonds is 2. The highest BCUT2D eigenvalue weighted by molar-refractivity contribution is 6.30. The summed E-state index contributed by atoms with van der Waals surface area (Å²) in [6.07, 6.45) is 3.25. The van der Waals surface area contributed by atoms with Gasteiger partial charge in [0.1, 0.15) is 0 Å². The van der Waals surface area contributed by atoms with Gasteiger partial charge in [-0.3, -0.25) is 5.41 Å². The maximum Gasteiger partial charge on any atom is 0.0682 e. The van der Waals surface area contributed by atoms with E-state index in [1.165, 1.54) is 16.8 Å². The number of nitrogens with one attached hydrogen (secondary N) is 1. The van der Waals surface area contributed by atoms with Gasteiger partial charge >= 0.3 is 0 Å². The molecule has 1 aromatic heterocycles. The third-order valence-corrected chi connectivity index (χ3v) is 4.79. The van der Waals surface area contributed by atoms with Crippen molar-refractivity contribution in [1.29, 1.82) is 5.41 Å². The molecule has 4 rings (SSSR count). The van der Waals surface area contributed by atoms with Gasteiger partial charge in [-0.1, -0.05) is 41.9 Å². The number of fused-ring (bicyclic) bond motifs is 2. The number of benzene rings is 2. The first-order valence-electron chi connectivity index (χ1n) is 7.66. The van der Waals surface area contributed by atoms with Crippen molar-refractivity contribution >= 4 is 34.9 Å². The van der Waals surface area contributed by atoms with Crippen molar-refractivity contribution in [3.8, 4) is 0 Å². The van der Waals surface area contributed by atoms with E-state index in [4.69, 9.17) is 17.0 Å². The van der Waals surface area contributed by atoms with Crippen LogP contribution in [0.25, 0.3) is 10.9 Å². The third-order valence-electron chi connectivity index (χ3n) is 4.53. The molecule has 1 aliphatic rings. The Morgan fingerprint density at radius 2 is 1.74 bits per heavy atom. The minimum Gasteiger partial charge on any atom is -0.340 e. The van der Waals surface area contributed by atoms with Crippen LogP contribution in [-0.2, 0) is 19.4 Å². The third kappa shape index (κ3) is 2.77. The van der Waals surface area contributed by atoms with Crippen molar-refractivity contribution in [3.63, 3.8) is 0 Å². The summed E-state index contributed by atoms with van der Waals surface area (Å²) < 4.78 is 2.39. The first-order chi connectivity index (χ1) is 10.7. The highest BCUT2D eigenvalue weighted by Gasteiger charge is 2.19. The molecule has 0 saturated heterocycles. The molecular formula is C19H18Cl2N2. The Labute approximate surface area is 146 Å². The van der Waals surface area contributed by atoms with Crippen molar-refractivity contribution in [1.82, 2.24) is 4.57 Å². The molecule has 118 valence electrons. The summed E-state index contributed by atoms with van der Waals surface area (Å²) in [5.41, 5.74) is 4.96. The summed E-state index contributed by atoms with van der Waals surface area (Å²) >= 11 is 5.99. The van der Waals surface area contributed by atoms with Gasteiger partial charge in [0.2, 0.25) is 0 Å². The summed E-state index contributed by atoms with van der Waals surface area (Å²) in [6, 6.07) is 16.3. The Bertz CT molecular complexity index is 911. The van der Waals surface area contributed by atoms with Crippen LogP contribution in [0.4, 0.5) is 0 Å². The van der Waals surface area contributed by atoms with Gasteiger partial charge in [0.25, 0.3) is 0 Å². The molecule has 1 heterocycles. The van der Waals surface area contributed by atoms with Crippen LogP contribution < -0.4 is 5.36 Å². The first kappa shape index (κ1) is 16.1. The van der Waals surface area contributed by atoms with Crippen LogP contribution in [-0.4, -0.2) is 4.57 Å². The molecule has 0 radical (unpaired) electrons. The predicted molar refractivity (Wildman–Crippen MR) is 97.6 cm³/mol. The molecule has 2 nitrogen and oxygen atoms in total. The molecule has 0 spiro atoms. The summed E-state index contributed by atoms with van der Waals surface area (Å²) in [4.78, 5) is 0. The zero-order valence-corrected chi connectivity index (χ0v) is 14.3. The summed E-state index contributed by atoms with van der Waals surface area (Å²) in [5, 5.41) is 11.0. The lowest BCUT2D eigenvalue weighted by atomic mass is 10.1. The number of para-hydroxylation sites is 1. The zero-order valence-electron chi connectivity index (χ0n) is 12.7. The average molecular weight is 345 g/mol. The Morgan fingerprint density at radius 3 is 2.52 bits per heavy atom. The lowest BCUT2D eigenvalue weighted by Gasteiger charge is -2.18. The van der Waals surface area contributed by atoms with E-state index in [1.807, 2.05) is 18.2 Å². The molecule has 3 aromatic rings. The largest absolute Gasteiger partial charge is 0.340 e. The van der Waals surface area contributed by atoms with E-state index in [9.17, 15) is 0 Å². The van der Waals surface area contributed by atoms with E-state index >= 15 is 0 Å². The van der Waals surface area contributed by atoms with Gasteiger partial charge in [0.05, 0.1) is 10.9 Å². The van der Waals surface area contributed by atoms with Crippen LogP contribution in [0, 0.1) is 5.41 Å². The summed E-state index contributed by atoms with van der Waals surface area (Å²) in [6.45, 7) is 0.834. The maximum absolute atomic E-state index is 8.49. The number of aromatic nitrogens is 1. The number of halogens is 2. The van der Waals surface area contributed by atoms with Crippen molar-refractivity contribution < 1.29 is 0 Å². The monoisotopic (exact) mass is 344 g/mol. The molecule has 1 N–H and O–H groups in total. The summed E-state index contributed by atoms with van der Waals surface area (Å²) in [5.74, 6) is 0. The second kappa shape index (κ2) is 6.38. The topological polar surface area (TPSA) is 28.8 Å². The minimum absolute atomic E-state index is 0. The average Bonchev–Trinajstić information content (AvgIpc) is 3.03. The van der Waals surface area contributed by atoms with E-state index in [1.54, 1.807) is 0 Å². The molecule has 4 heteroatoms. The lowest BCUT2D eigenvalue weighted by Crippen LogP contribution is -2.17. The van der Waals surface area contributed by atoms with Crippen molar-refractivity contribution in [3.05, 3.63) is 75.7 Å². The second-order valence-corrected chi connectivity index (χ2v) is 6.32. The van der Waals surface area contributed by atoms with Gasteiger partial charge in [0.15, 0.2) is 0 Å². The molecule has 2 aromatic carbocycles. The molecule has 0 amide bonds. The maximum atomic E-state index is 8.49. The number of hydrogen-bond donors (Lipinski definition) is 1. The van der Waals surface area contributed by atoms with Crippen molar-refractivity contribution in [2.45, 2.75) is 25.8 Å². The number of pyridine rings is 1. The Balaban J connectivity index is 0.00000156. The number of hydrogen-bond acceptors (Lipinski definition) is 1. The fraction of sp³-hybridized carbons (Fsp3) is 0.211. The van der Waals surface area contributed by atoms with Crippen molar-refractivity contribution in [2.75, 3.05) is 0 Å². The first-order valence-corrected chi connectivity index (χ1v) is 8.04. The molecule has 0 unspecified atom stereocenters. The smallest absolute Gasteiger partial charge is 0.0682 e. The molecule has 1 aliphatic carbocycles. The molecule has 0 fully saturated rings. The summed E-state index contributed by atoms with van der Waals surface area (Å²) in [7, 11) is 0. The van der Waals surface area contributed by atoms with Crippen LogP contribution >= 0.6 is 24.0 Å². The molecule has 0 saturated carbocycles. The van der Waals surface area contributed by atoms with Crippen LogP contribution in [0.2, 0.25) is 5.02 Å². The highest BCUT2D eigenvalue weighted by Crippen LogP contribution is 2.25. The standard InChI is InChI=1S/C19H17ClN2.ClH/c20-14-10-8-13(9-11-14)12-22-17-6-2-1-4-15(17)19(21)16-5-3-7-18(16)22;/h1-2,4,6,8-11,21H,3,5,7,12H2;1H. The predicted octanol–water partition coefficient (Wildman–Crippen LogP) is 4.73. The molecule has 0 atom stereocenters. The number of nitrogens with zero attached hydrogens (tertiary/aromatic N) is 1. The Hall–Kier alpha value is -1.77. The van der Waals surface area contributed by atoms with Crippen LogP contribution in [0.3, 0.4) is 0 Å². The quantitative estimate of drug-likeness (QED) is 0.696. The Morgan fingerprint density at radius 1 is 1.00 bits per heavy atom. The minimum atomic E-state index is 0. The lowest BCUT2D eigenvalue weighted by molar-refractivity contribution is 0.760. The van der Waals surface area contributed by atoms with Gasteiger partial charge in [-0.2, -0.15) is 0 Å². The van der Waals surface area contributed by atoms with Crippen LogP contribution in [0.1, 0.15) is 23.2 Å². The van der Waals surface area contributed by atoms with Crippen molar-refractivity contribution in [2.24, 2.45) is 0 Å². The fourth-order valence-corrected chi connectivity index (χ4v) is 3.60. The van der Waals surface area contributed by atoms with Gasteiger partial charge < -0.3 is 4.57 Å². The van der Waals surface area contributed by atoms with E-state index in [2.05, 4.69) is 34.9 Å². The van der Waals surface area contributed by atoms with Gasteiger partial charge in [-0.25, -0.2) is 0 Å². The van der Waals surface area contributed by atoms with Gasteiger partial charge in [0, 0.05) is 22.6 Å². The van der Waals surface area contributed by atoms with E-state index in [0.29, 0.717) is 0 Å². The van der Waals surface area contributed by atoms with Gasteiger partial charge in [-0.15, -0.1) is 12.4 Å². The highest BCUT2D eigenvalue weighted by atomic mass is 35.5. The molecule has 23 heavy (non-hydrogen) atoms. The van der Waals surface area contributed by atoms with E-state index in [-0.39, 0.29) is 12.4 Å². The Kier molecular flexibility index (Phi) is 4.47. The van der Waals surface area contributed by atoms with E-state index in [0.717, 1.165) is 47.1 Å². The normalized spacial score (nSPS) is 12.9. The zero-order chi connectivity index (χ0) is 15.1. The molecule has 0 aliphatic heterocycles. The molecular weight excluding hydrogens is 327 g/mol. The molecule has 0 bridgehead atoms. The van der Waals surface area contributed by atoms with Gasteiger partial charge in [-0.05, 0) is 48.6 Å². The second-order valence-electron chi connectivity index (χ2n) is 5.88. The van der Waals surface area contributed by atoms with E-state index < -0.39 is 0 Å². The SMILES string of the molecule is Cl.N=c1c2c(n(Cc3ccc(Cl)cc3)c3ccccc13)CCC2.